The molecule has 4 heteroatoms. The number of aldehydes is 1. The molecule has 0 radical (unpaired) electrons. The number of nitrogens with zero attached hydrogens (tertiary/aromatic N) is 1. The van der Waals surface area contributed by atoms with Crippen LogP contribution >= 0.6 is 0 Å². The summed E-state index contributed by atoms with van der Waals surface area (Å²) in [6.07, 6.45) is 0.247. The molecule has 0 N–H and O–H groups in total. The van der Waals surface area contributed by atoms with Crippen molar-refractivity contribution >= 4 is 18.1 Å². The average Bonchev–Trinajstić information content (AvgIpc) is 2.28. The predicted molar refractivity (Wildman–Crippen MR) is 57.3 cm³/mol. The van der Waals surface area contributed by atoms with Crippen molar-refractivity contribution in [3.05, 3.63) is 29.8 Å². The number of hydrogen-bond donors (Lipinski definition) is 0. The lowest BCUT2D eigenvalue weighted by Gasteiger charge is -2.17. The third kappa shape index (κ3) is 2.56. The fourth-order valence-corrected chi connectivity index (χ4v) is 1.21. The first kappa shape index (κ1) is 11.2. The van der Waals surface area contributed by atoms with Crippen molar-refractivity contribution in [2.24, 2.45) is 0 Å². The summed E-state index contributed by atoms with van der Waals surface area (Å²) in [5.74, 6) is 0. The van der Waals surface area contributed by atoms with E-state index in [4.69, 9.17) is 4.74 Å². The van der Waals surface area contributed by atoms with Crippen LogP contribution in [-0.4, -0.2) is 26.0 Å². The molecule has 15 heavy (non-hydrogen) atoms. The molecule has 1 aromatic carbocycles. The molecule has 0 aliphatic heterocycles. The van der Waals surface area contributed by atoms with Gasteiger partial charge in [0.25, 0.3) is 0 Å². The fourth-order valence-electron chi connectivity index (χ4n) is 1.21. The first-order valence-electron chi connectivity index (χ1n) is 4.65. The van der Waals surface area contributed by atoms with Crippen LogP contribution in [0.2, 0.25) is 0 Å². The van der Waals surface area contributed by atoms with Crippen molar-refractivity contribution in [2.75, 3.05) is 18.6 Å². The van der Waals surface area contributed by atoms with Gasteiger partial charge in [0.05, 0.1) is 12.3 Å². The normalized spacial score (nSPS) is 9.47. The number of carbonyl (C=O) groups is 2. The van der Waals surface area contributed by atoms with E-state index in [0.29, 0.717) is 24.1 Å². The van der Waals surface area contributed by atoms with Crippen LogP contribution < -0.4 is 4.90 Å². The number of carbonyl (C=O) groups excluding carboxylic acids is 2. The van der Waals surface area contributed by atoms with Gasteiger partial charge in [-0.1, -0.05) is 12.1 Å². The van der Waals surface area contributed by atoms with E-state index in [1.165, 1.54) is 4.90 Å². The van der Waals surface area contributed by atoms with Gasteiger partial charge in [-0.2, -0.15) is 0 Å². The van der Waals surface area contributed by atoms with Crippen LogP contribution in [0.1, 0.15) is 17.3 Å². The van der Waals surface area contributed by atoms with Gasteiger partial charge in [0.2, 0.25) is 0 Å². The lowest BCUT2D eigenvalue weighted by molar-refractivity contribution is 0.112. The van der Waals surface area contributed by atoms with Crippen molar-refractivity contribution in [1.29, 1.82) is 0 Å². The standard InChI is InChI=1S/C11H13NO3/c1-3-15-11(14)12(2)10-7-5-4-6-9(10)8-13/h4-8H,3H2,1-2H3. The van der Waals surface area contributed by atoms with E-state index in [0.717, 1.165) is 0 Å². The molecule has 4 nitrogen and oxygen atoms in total. The van der Waals surface area contributed by atoms with Crippen molar-refractivity contribution in [3.8, 4) is 0 Å². The zero-order chi connectivity index (χ0) is 11.3. The SMILES string of the molecule is CCOC(=O)N(C)c1ccccc1C=O. The second kappa shape index (κ2) is 5.14. The van der Waals surface area contributed by atoms with Gasteiger partial charge in [-0.25, -0.2) is 4.79 Å². The van der Waals surface area contributed by atoms with E-state index < -0.39 is 6.09 Å². The number of ether oxygens (including phenoxy) is 1. The molecule has 0 saturated carbocycles. The molecule has 0 saturated heterocycles. The first-order chi connectivity index (χ1) is 7.20. The Balaban J connectivity index is 2.94. The van der Waals surface area contributed by atoms with Gasteiger partial charge in [-0.15, -0.1) is 0 Å². The molecule has 0 atom stereocenters. The lowest BCUT2D eigenvalue weighted by Crippen LogP contribution is -2.27. The highest BCUT2D eigenvalue weighted by Crippen LogP contribution is 2.17. The van der Waals surface area contributed by atoms with Crippen LogP contribution in [0.3, 0.4) is 0 Å². The Morgan fingerprint density at radius 2 is 2.13 bits per heavy atom. The van der Waals surface area contributed by atoms with Crippen LogP contribution in [0.4, 0.5) is 10.5 Å². The Morgan fingerprint density at radius 1 is 1.47 bits per heavy atom. The van der Waals surface area contributed by atoms with Crippen LogP contribution in [-0.2, 0) is 4.74 Å². The van der Waals surface area contributed by atoms with Gasteiger partial charge in [-0.05, 0) is 19.1 Å². The minimum atomic E-state index is -0.466. The monoisotopic (exact) mass is 207 g/mol. The topological polar surface area (TPSA) is 46.6 Å². The number of anilines is 1. The molecule has 0 aliphatic rings. The molecule has 0 aliphatic carbocycles. The molecule has 0 fully saturated rings. The zero-order valence-corrected chi connectivity index (χ0v) is 8.77. The van der Waals surface area contributed by atoms with E-state index in [2.05, 4.69) is 0 Å². The molecular formula is C11H13NO3. The van der Waals surface area contributed by atoms with E-state index in [1.54, 1.807) is 38.2 Å². The number of para-hydroxylation sites is 1. The Labute approximate surface area is 88.5 Å². The third-order valence-electron chi connectivity index (χ3n) is 1.97. The Morgan fingerprint density at radius 3 is 2.73 bits per heavy atom. The molecule has 0 heterocycles. The highest BCUT2D eigenvalue weighted by atomic mass is 16.6. The number of rotatable bonds is 3. The summed E-state index contributed by atoms with van der Waals surface area (Å²) in [5.41, 5.74) is 1.01. The highest BCUT2D eigenvalue weighted by molar-refractivity contribution is 5.94. The Bertz CT molecular complexity index is 363. The molecule has 0 bridgehead atoms. The molecule has 1 aromatic rings. The summed E-state index contributed by atoms with van der Waals surface area (Å²) in [6.45, 7) is 2.05. The minimum absolute atomic E-state index is 0.312. The second-order valence-corrected chi connectivity index (χ2v) is 2.93. The maximum absolute atomic E-state index is 11.4. The van der Waals surface area contributed by atoms with Gasteiger partial charge >= 0.3 is 6.09 Å². The molecule has 0 spiro atoms. The van der Waals surface area contributed by atoms with E-state index >= 15 is 0 Å². The lowest BCUT2D eigenvalue weighted by atomic mass is 10.2. The van der Waals surface area contributed by atoms with E-state index in [-0.39, 0.29) is 0 Å². The summed E-state index contributed by atoms with van der Waals surface area (Å²) < 4.78 is 4.83. The smallest absolute Gasteiger partial charge is 0.414 e. The van der Waals surface area contributed by atoms with Gasteiger partial charge in [0.1, 0.15) is 0 Å². The minimum Gasteiger partial charge on any atom is -0.449 e. The predicted octanol–water partition coefficient (Wildman–Crippen LogP) is 2.09. The van der Waals surface area contributed by atoms with Gasteiger partial charge in [-0.3, -0.25) is 9.69 Å². The summed E-state index contributed by atoms with van der Waals surface area (Å²) in [4.78, 5) is 23.4. The summed E-state index contributed by atoms with van der Waals surface area (Å²) >= 11 is 0. The van der Waals surface area contributed by atoms with Gasteiger partial charge < -0.3 is 4.74 Å². The van der Waals surface area contributed by atoms with Crippen LogP contribution in [0.15, 0.2) is 24.3 Å². The third-order valence-corrected chi connectivity index (χ3v) is 1.97. The molecule has 0 unspecified atom stereocenters. The quantitative estimate of drug-likeness (QED) is 0.713. The van der Waals surface area contributed by atoms with Crippen molar-refractivity contribution in [2.45, 2.75) is 6.92 Å². The average molecular weight is 207 g/mol. The van der Waals surface area contributed by atoms with Crippen LogP contribution in [0.25, 0.3) is 0 Å². The number of benzene rings is 1. The highest BCUT2D eigenvalue weighted by Gasteiger charge is 2.14. The molecule has 1 amide bonds. The second-order valence-electron chi connectivity index (χ2n) is 2.93. The van der Waals surface area contributed by atoms with Crippen molar-refractivity contribution in [1.82, 2.24) is 0 Å². The number of hydrogen-bond acceptors (Lipinski definition) is 3. The van der Waals surface area contributed by atoms with E-state index in [1.807, 2.05) is 0 Å². The Kier molecular flexibility index (Phi) is 3.85. The summed E-state index contributed by atoms with van der Waals surface area (Å²) in [5, 5.41) is 0. The van der Waals surface area contributed by atoms with Crippen LogP contribution in [0.5, 0.6) is 0 Å². The Hall–Kier alpha value is -1.84. The molecule has 0 aromatic heterocycles. The maximum Gasteiger partial charge on any atom is 0.414 e. The largest absolute Gasteiger partial charge is 0.449 e. The van der Waals surface area contributed by atoms with Gasteiger partial charge in [0.15, 0.2) is 6.29 Å². The molecule has 1 rings (SSSR count). The van der Waals surface area contributed by atoms with Crippen LogP contribution in [0, 0.1) is 0 Å². The first-order valence-corrected chi connectivity index (χ1v) is 4.65. The summed E-state index contributed by atoms with van der Waals surface area (Å²) in [6, 6.07) is 6.85. The van der Waals surface area contributed by atoms with Gasteiger partial charge in [0, 0.05) is 12.6 Å². The maximum atomic E-state index is 11.4. The van der Waals surface area contributed by atoms with Crippen molar-refractivity contribution in [3.63, 3.8) is 0 Å². The molecular weight excluding hydrogens is 194 g/mol. The van der Waals surface area contributed by atoms with E-state index in [9.17, 15) is 9.59 Å². The van der Waals surface area contributed by atoms with Crippen molar-refractivity contribution < 1.29 is 14.3 Å². The fraction of sp³-hybridized carbons (Fsp3) is 0.273. The number of amides is 1. The zero-order valence-electron chi connectivity index (χ0n) is 8.77. The summed E-state index contributed by atoms with van der Waals surface area (Å²) in [7, 11) is 1.57. The molecule has 80 valence electrons.